The highest BCUT2D eigenvalue weighted by Gasteiger charge is 2.13. The number of carbonyl (C=O) groups excluding carboxylic acids is 1. The summed E-state index contributed by atoms with van der Waals surface area (Å²) in [4.78, 5) is 18.7. The Hall–Kier alpha value is -1.27. The van der Waals surface area contributed by atoms with E-state index < -0.39 is 0 Å². The zero-order valence-electron chi connectivity index (χ0n) is 14.0. The fraction of sp³-hybridized carbons (Fsp3) is 0.333. The molecule has 0 bridgehead atoms. The smallest absolute Gasteiger partial charge is 0.232 e. The lowest BCUT2D eigenvalue weighted by Crippen LogP contribution is -2.33. The fourth-order valence-corrected chi connectivity index (χ4v) is 3.03. The molecule has 138 valence electrons. The van der Waals surface area contributed by atoms with E-state index in [0.29, 0.717) is 25.4 Å². The van der Waals surface area contributed by atoms with Crippen LogP contribution in [-0.4, -0.2) is 34.6 Å². The lowest BCUT2D eigenvalue weighted by atomic mass is 10.2. The van der Waals surface area contributed by atoms with Crippen LogP contribution in [0.25, 0.3) is 0 Å². The number of thioether (sulfide) groups is 1. The van der Waals surface area contributed by atoms with Crippen LogP contribution in [0.4, 0.5) is 0 Å². The average molecular weight is 402 g/mol. The van der Waals surface area contributed by atoms with Gasteiger partial charge in [-0.2, -0.15) is 0 Å². The summed E-state index contributed by atoms with van der Waals surface area (Å²) < 4.78 is 0. The van der Waals surface area contributed by atoms with Gasteiger partial charge in [-0.1, -0.05) is 36.4 Å². The number of hydrogen-bond donors (Lipinski definition) is 1. The van der Waals surface area contributed by atoms with Crippen LogP contribution in [0.3, 0.4) is 0 Å². The molecule has 0 aliphatic heterocycles. The molecule has 2 N–H and O–H groups in total. The first-order valence-electron chi connectivity index (χ1n) is 7.79. The summed E-state index contributed by atoms with van der Waals surface area (Å²) in [5.41, 5.74) is 7.74. The molecule has 0 fully saturated rings. The predicted molar refractivity (Wildman–Crippen MR) is 110 cm³/mol. The van der Waals surface area contributed by atoms with Crippen LogP contribution >= 0.6 is 36.6 Å². The third kappa shape index (κ3) is 9.12. The Morgan fingerprint density at radius 2 is 1.80 bits per heavy atom. The summed E-state index contributed by atoms with van der Waals surface area (Å²) in [7, 11) is 0. The van der Waals surface area contributed by atoms with E-state index in [1.807, 2.05) is 53.4 Å². The van der Waals surface area contributed by atoms with Crippen molar-refractivity contribution in [1.82, 2.24) is 9.88 Å². The van der Waals surface area contributed by atoms with E-state index in [1.165, 1.54) is 0 Å². The maximum Gasteiger partial charge on any atom is 0.232 e. The van der Waals surface area contributed by atoms with Gasteiger partial charge in [0, 0.05) is 25.0 Å². The van der Waals surface area contributed by atoms with Crippen molar-refractivity contribution in [2.24, 2.45) is 5.73 Å². The highest BCUT2D eigenvalue weighted by Crippen LogP contribution is 2.12. The predicted octanol–water partition coefficient (Wildman–Crippen LogP) is 3.54. The van der Waals surface area contributed by atoms with E-state index in [9.17, 15) is 4.79 Å². The van der Waals surface area contributed by atoms with Gasteiger partial charge in [0.05, 0.1) is 11.4 Å². The highest BCUT2D eigenvalue weighted by molar-refractivity contribution is 7.99. The number of halogens is 2. The Morgan fingerprint density at radius 3 is 2.44 bits per heavy atom. The van der Waals surface area contributed by atoms with Gasteiger partial charge in [0.15, 0.2) is 0 Å². The summed E-state index contributed by atoms with van der Waals surface area (Å²) in [6.07, 6.45) is 2.60. The van der Waals surface area contributed by atoms with E-state index in [0.717, 1.165) is 23.4 Å². The van der Waals surface area contributed by atoms with Gasteiger partial charge in [0.1, 0.15) is 0 Å². The van der Waals surface area contributed by atoms with Crippen molar-refractivity contribution < 1.29 is 4.79 Å². The molecule has 0 radical (unpaired) electrons. The van der Waals surface area contributed by atoms with Crippen LogP contribution in [0.5, 0.6) is 0 Å². The number of rotatable bonds is 9. The van der Waals surface area contributed by atoms with Crippen LogP contribution in [0.1, 0.15) is 17.7 Å². The molecule has 0 aliphatic carbocycles. The van der Waals surface area contributed by atoms with Crippen molar-refractivity contribution in [2.45, 2.75) is 18.7 Å². The Bertz CT molecular complexity index is 587. The highest BCUT2D eigenvalue weighted by atomic mass is 35.5. The molecule has 0 saturated heterocycles. The molecule has 4 nitrogen and oxygen atoms in total. The van der Waals surface area contributed by atoms with Crippen LogP contribution in [0.15, 0.2) is 54.7 Å². The number of nitrogens with zero attached hydrogens (tertiary/aromatic N) is 2. The second kappa shape index (κ2) is 14.0. The minimum atomic E-state index is 0. The number of pyridine rings is 1. The molecule has 2 aromatic rings. The molecule has 7 heteroatoms. The molecule has 0 aliphatic rings. The van der Waals surface area contributed by atoms with E-state index in [2.05, 4.69) is 4.98 Å². The average Bonchev–Trinajstić information content (AvgIpc) is 2.60. The fourth-order valence-electron chi connectivity index (χ4n) is 2.20. The molecule has 0 saturated carbocycles. The van der Waals surface area contributed by atoms with Crippen molar-refractivity contribution in [3.8, 4) is 0 Å². The first-order valence-corrected chi connectivity index (χ1v) is 8.94. The molecule has 0 spiro atoms. The Labute approximate surface area is 166 Å². The van der Waals surface area contributed by atoms with Crippen molar-refractivity contribution in [1.29, 1.82) is 0 Å². The van der Waals surface area contributed by atoms with Crippen molar-refractivity contribution >= 4 is 42.5 Å². The largest absolute Gasteiger partial charge is 0.338 e. The SMILES string of the molecule is Cl.Cl.NCCCN(Cc1ccccc1)C(=O)CSCc1ccccn1. The molecule has 0 unspecified atom stereocenters. The summed E-state index contributed by atoms with van der Waals surface area (Å²) in [6.45, 7) is 1.94. The molecular weight excluding hydrogens is 377 g/mol. The first kappa shape index (κ1) is 23.7. The van der Waals surface area contributed by atoms with Gasteiger partial charge in [0.25, 0.3) is 0 Å². The molecule has 1 aromatic heterocycles. The quantitative estimate of drug-likeness (QED) is 0.697. The van der Waals surface area contributed by atoms with Crippen molar-refractivity contribution in [3.05, 3.63) is 66.0 Å². The summed E-state index contributed by atoms with van der Waals surface area (Å²) in [6, 6.07) is 15.9. The zero-order chi connectivity index (χ0) is 16.3. The molecule has 25 heavy (non-hydrogen) atoms. The lowest BCUT2D eigenvalue weighted by molar-refractivity contribution is -0.129. The van der Waals surface area contributed by atoms with Gasteiger partial charge >= 0.3 is 0 Å². The minimum Gasteiger partial charge on any atom is -0.338 e. The zero-order valence-corrected chi connectivity index (χ0v) is 16.5. The van der Waals surface area contributed by atoms with Crippen molar-refractivity contribution in [3.63, 3.8) is 0 Å². The Morgan fingerprint density at radius 1 is 1.08 bits per heavy atom. The Kier molecular flexibility index (Phi) is 13.2. The number of carbonyl (C=O) groups is 1. The second-order valence-electron chi connectivity index (χ2n) is 5.26. The minimum absolute atomic E-state index is 0. The second-order valence-corrected chi connectivity index (χ2v) is 6.24. The van der Waals surface area contributed by atoms with E-state index in [1.54, 1.807) is 18.0 Å². The standard InChI is InChI=1S/C18H23N3OS.2ClH/c19-10-6-12-21(13-16-7-2-1-3-8-16)18(22)15-23-14-17-9-4-5-11-20-17;;/h1-5,7-9,11H,6,10,12-15,19H2;2*1H. The number of nitrogens with two attached hydrogens (primary N) is 1. The van der Waals surface area contributed by atoms with Gasteiger partial charge in [0.2, 0.25) is 5.91 Å². The monoisotopic (exact) mass is 401 g/mol. The molecular formula is C18H25Cl2N3OS. The topological polar surface area (TPSA) is 59.2 Å². The number of aromatic nitrogens is 1. The maximum absolute atomic E-state index is 12.5. The van der Waals surface area contributed by atoms with E-state index in [-0.39, 0.29) is 30.7 Å². The third-order valence-electron chi connectivity index (χ3n) is 3.40. The molecule has 1 aromatic carbocycles. The van der Waals surface area contributed by atoms with Crippen LogP contribution in [0.2, 0.25) is 0 Å². The van der Waals surface area contributed by atoms with E-state index in [4.69, 9.17) is 5.73 Å². The number of benzene rings is 1. The Balaban J connectivity index is 0.00000288. The molecule has 1 amide bonds. The van der Waals surface area contributed by atoms with Crippen LogP contribution in [0, 0.1) is 0 Å². The van der Waals surface area contributed by atoms with Crippen LogP contribution in [-0.2, 0) is 17.1 Å². The first-order chi connectivity index (χ1) is 11.3. The van der Waals surface area contributed by atoms with Crippen molar-refractivity contribution in [2.75, 3.05) is 18.8 Å². The third-order valence-corrected chi connectivity index (χ3v) is 4.35. The molecule has 0 atom stereocenters. The van der Waals surface area contributed by atoms with Gasteiger partial charge in [-0.15, -0.1) is 36.6 Å². The van der Waals surface area contributed by atoms with Crippen LogP contribution < -0.4 is 5.73 Å². The summed E-state index contributed by atoms with van der Waals surface area (Å²) >= 11 is 1.60. The lowest BCUT2D eigenvalue weighted by Gasteiger charge is -2.22. The summed E-state index contributed by atoms with van der Waals surface area (Å²) in [5, 5.41) is 0. The van der Waals surface area contributed by atoms with Gasteiger partial charge < -0.3 is 10.6 Å². The van der Waals surface area contributed by atoms with E-state index >= 15 is 0 Å². The molecule has 2 rings (SSSR count). The molecule has 1 heterocycles. The maximum atomic E-state index is 12.5. The normalized spacial score (nSPS) is 9.64. The van der Waals surface area contributed by atoms with Gasteiger partial charge in [-0.3, -0.25) is 9.78 Å². The van der Waals surface area contributed by atoms with Gasteiger partial charge in [-0.05, 0) is 30.7 Å². The van der Waals surface area contributed by atoms with Gasteiger partial charge in [-0.25, -0.2) is 0 Å². The number of amides is 1. The summed E-state index contributed by atoms with van der Waals surface area (Å²) in [5.74, 6) is 1.37. The number of hydrogen-bond acceptors (Lipinski definition) is 4.